The molecule has 0 saturated heterocycles. The summed E-state index contributed by atoms with van der Waals surface area (Å²) in [7, 11) is 0. The molecule has 3 heterocycles. The van der Waals surface area contributed by atoms with E-state index in [-0.39, 0.29) is 11.9 Å². The van der Waals surface area contributed by atoms with Gasteiger partial charge in [-0.2, -0.15) is 5.10 Å². The molecule has 1 aliphatic heterocycles. The van der Waals surface area contributed by atoms with Crippen molar-refractivity contribution in [3.05, 3.63) is 29.6 Å². The Morgan fingerprint density at radius 2 is 2.26 bits per heavy atom. The van der Waals surface area contributed by atoms with Crippen molar-refractivity contribution in [2.24, 2.45) is 0 Å². The second-order valence-corrected chi connectivity index (χ2v) is 6.58. The van der Waals surface area contributed by atoms with Crippen LogP contribution in [0, 0.1) is 0 Å². The number of hydrogen-bond acceptors (Lipinski definition) is 4. The van der Waals surface area contributed by atoms with Gasteiger partial charge in [-0.1, -0.05) is 13.8 Å². The van der Waals surface area contributed by atoms with Crippen LogP contribution in [0.1, 0.15) is 62.8 Å². The van der Waals surface area contributed by atoms with Crippen molar-refractivity contribution >= 4 is 5.91 Å². The van der Waals surface area contributed by atoms with Crippen molar-refractivity contribution in [2.75, 3.05) is 6.54 Å². The molecule has 124 valence electrons. The van der Waals surface area contributed by atoms with Crippen LogP contribution in [0.4, 0.5) is 0 Å². The third kappa shape index (κ3) is 3.28. The molecule has 0 fully saturated rings. The maximum atomic E-state index is 12.5. The number of carbonyl (C=O) groups excluding carboxylic acids is 1. The number of nitrogens with one attached hydrogen (secondary N) is 1. The van der Waals surface area contributed by atoms with Gasteiger partial charge in [-0.15, -0.1) is 10.2 Å². The van der Waals surface area contributed by atoms with Crippen LogP contribution in [0.5, 0.6) is 0 Å². The van der Waals surface area contributed by atoms with Crippen LogP contribution in [-0.4, -0.2) is 42.3 Å². The Bertz CT molecular complexity index is 660. The minimum atomic E-state index is 0.195. The number of amides is 1. The fourth-order valence-electron chi connectivity index (χ4n) is 3.16. The highest BCUT2D eigenvalue weighted by atomic mass is 16.2. The largest absolute Gasteiger partial charge is 0.333 e. The van der Waals surface area contributed by atoms with E-state index in [0.29, 0.717) is 18.9 Å². The lowest BCUT2D eigenvalue weighted by Crippen LogP contribution is -2.40. The standard InChI is InChI=1S/C16H24N6O/c1-11(2)16-20-19-14-10-21(9-12(3)22(14)16)15(23)6-4-5-13-7-17-18-8-13/h7-8,11-12H,4-6,9-10H2,1-3H3,(H,17,18)/t12-/m0/s1. The number of aromatic amines is 1. The minimum Gasteiger partial charge on any atom is -0.333 e. The molecular weight excluding hydrogens is 292 g/mol. The number of carbonyl (C=O) groups is 1. The van der Waals surface area contributed by atoms with Gasteiger partial charge in [-0.05, 0) is 25.3 Å². The SMILES string of the molecule is CC(C)c1nnc2n1[C@@H](C)CN(C(=O)CCCc1cn[nH]c1)C2. The van der Waals surface area contributed by atoms with Gasteiger partial charge in [0.25, 0.3) is 0 Å². The molecular formula is C16H24N6O. The predicted octanol–water partition coefficient (Wildman–Crippen LogP) is 2.05. The van der Waals surface area contributed by atoms with Crippen molar-refractivity contribution in [1.82, 2.24) is 29.9 Å². The summed E-state index contributed by atoms with van der Waals surface area (Å²) < 4.78 is 2.19. The normalized spacial score (nSPS) is 17.6. The summed E-state index contributed by atoms with van der Waals surface area (Å²) in [6, 6.07) is 0.226. The average Bonchev–Trinajstić information content (AvgIpc) is 3.15. The smallest absolute Gasteiger partial charge is 0.223 e. The maximum absolute atomic E-state index is 12.5. The van der Waals surface area contributed by atoms with Crippen LogP contribution in [0.15, 0.2) is 12.4 Å². The summed E-state index contributed by atoms with van der Waals surface area (Å²) in [5, 5.41) is 15.3. The van der Waals surface area contributed by atoms with Gasteiger partial charge in [0.1, 0.15) is 5.82 Å². The summed E-state index contributed by atoms with van der Waals surface area (Å²) in [4.78, 5) is 14.4. The maximum Gasteiger partial charge on any atom is 0.223 e. The van der Waals surface area contributed by atoms with E-state index in [2.05, 4.69) is 45.7 Å². The molecule has 2 aromatic heterocycles. The number of aryl methyl sites for hydroxylation is 1. The monoisotopic (exact) mass is 316 g/mol. The van der Waals surface area contributed by atoms with Gasteiger partial charge in [0, 0.05) is 25.1 Å². The fraction of sp³-hybridized carbons (Fsp3) is 0.625. The average molecular weight is 316 g/mol. The lowest BCUT2D eigenvalue weighted by molar-refractivity contribution is -0.133. The van der Waals surface area contributed by atoms with Crippen LogP contribution in [-0.2, 0) is 17.8 Å². The predicted molar refractivity (Wildman–Crippen MR) is 85.8 cm³/mol. The molecule has 0 aliphatic carbocycles. The molecule has 0 bridgehead atoms. The Morgan fingerprint density at radius 1 is 1.43 bits per heavy atom. The molecule has 3 rings (SSSR count). The third-order valence-corrected chi connectivity index (χ3v) is 4.33. The number of aromatic nitrogens is 5. The molecule has 0 spiro atoms. The Labute approximate surface area is 136 Å². The van der Waals surface area contributed by atoms with Gasteiger partial charge in [0.15, 0.2) is 5.82 Å². The van der Waals surface area contributed by atoms with Gasteiger partial charge in [0.05, 0.1) is 18.8 Å². The highest BCUT2D eigenvalue weighted by Gasteiger charge is 2.29. The van der Waals surface area contributed by atoms with Gasteiger partial charge >= 0.3 is 0 Å². The van der Waals surface area contributed by atoms with E-state index in [4.69, 9.17) is 0 Å². The first-order valence-electron chi connectivity index (χ1n) is 8.25. The zero-order chi connectivity index (χ0) is 16.4. The van der Waals surface area contributed by atoms with E-state index in [1.54, 1.807) is 0 Å². The highest BCUT2D eigenvalue weighted by molar-refractivity contribution is 5.76. The van der Waals surface area contributed by atoms with Gasteiger partial charge < -0.3 is 9.47 Å². The molecule has 0 unspecified atom stereocenters. The Hall–Kier alpha value is -2.18. The van der Waals surface area contributed by atoms with Gasteiger partial charge in [-0.25, -0.2) is 0 Å². The van der Waals surface area contributed by atoms with E-state index in [0.717, 1.165) is 36.6 Å². The van der Waals surface area contributed by atoms with Gasteiger partial charge in [0.2, 0.25) is 5.91 Å². The van der Waals surface area contributed by atoms with E-state index < -0.39 is 0 Å². The Balaban J connectivity index is 1.60. The molecule has 1 aliphatic rings. The van der Waals surface area contributed by atoms with E-state index in [1.165, 1.54) is 0 Å². The number of fused-ring (bicyclic) bond motifs is 1. The summed E-state index contributed by atoms with van der Waals surface area (Å²) in [6.07, 6.45) is 5.96. The number of nitrogens with zero attached hydrogens (tertiary/aromatic N) is 5. The van der Waals surface area contributed by atoms with Crippen LogP contribution in [0.3, 0.4) is 0 Å². The van der Waals surface area contributed by atoms with Crippen molar-refractivity contribution in [2.45, 2.75) is 58.5 Å². The molecule has 1 atom stereocenters. The first kappa shape index (κ1) is 15.7. The topological polar surface area (TPSA) is 79.7 Å². The van der Waals surface area contributed by atoms with Gasteiger partial charge in [-0.3, -0.25) is 9.89 Å². The van der Waals surface area contributed by atoms with E-state index in [9.17, 15) is 4.79 Å². The molecule has 7 heteroatoms. The zero-order valence-corrected chi connectivity index (χ0v) is 14.0. The van der Waals surface area contributed by atoms with Crippen LogP contribution >= 0.6 is 0 Å². The second kappa shape index (κ2) is 6.52. The van der Waals surface area contributed by atoms with Crippen molar-refractivity contribution in [1.29, 1.82) is 0 Å². The zero-order valence-electron chi connectivity index (χ0n) is 14.0. The van der Waals surface area contributed by atoms with Crippen molar-refractivity contribution in [3.8, 4) is 0 Å². The van der Waals surface area contributed by atoms with E-state index in [1.807, 2.05) is 17.3 Å². The lowest BCUT2D eigenvalue weighted by Gasteiger charge is -2.33. The Morgan fingerprint density at radius 3 is 2.96 bits per heavy atom. The first-order chi connectivity index (χ1) is 11.1. The molecule has 0 radical (unpaired) electrons. The summed E-state index contributed by atoms with van der Waals surface area (Å²) in [5.74, 6) is 2.45. The quantitative estimate of drug-likeness (QED) is 0.915. The summed E-state index contributed by atoms with van der Waals surface area (Å²) >= 11 is 0. The molecule has 23 heavy (non-hydrogen) atoms. The Kier molecular flexibility index (Phi) is 4.45. The summed E-state index contributed by atoms with van der Waals surface area (Å²) in [6.45, 7) is 7.67. The number of H-pyrrole nitrogens is 1. The molecule has 1 N–H and O–H groups in total. The fourth-order valence-corrected chi connectivity index (χ4v) is 3.16. The summed E-state index contributed by atoms with van der Waals surface area (Å²) in [5.41, 5.74) is 1.14. The third-order valence-electron chi connectivity index (χ3n) is 4.33. The first-order valence-corrected chi connectivity index (χ1v) is 8.25. The second-order valence-electron chi connectivity index (χ2n) is 6.58. The molecule has 0 saturated carbocycles. The molecule has 1 amide bonds. The number of hydrogen-bond donors (Lipinski definition) is 1. The number of rotatable bonds is 5. The molecule has 7 nitrogen and oxygen atoms in total. The van der Waals surface area contributed by atoms with Crippen molar-refractivity contribution < 1.29 is 4.79 Å². The molecule has 0 aromatic carbocycles. The van der Waals surface area contributed by atoms with Crippen molar-refractivity contribution in [3.63, 3.8) is 0 Å². The minimum absolute atomic E-state index is 0.195. The van der Waals surface area contributed by atoms with E-state index >= 15 is 0 Å². The van der Waals surface area contributed by atoms with Crippen LogP contribution in [0.25, 0.3) is 0 Å². The lowest BCUT2D eigenvalue weighted by atomic mass is 10.1. The van der Waals surface area contributed by atoms with Crippen LogP contribution < -0.4 is 0 Å². The molecule has 2 aromatic rings. The highest BCUT2D eigenvalue weighted by Crippen LogP contribution is 2.25. The van der Waals surface area contributed by atoms with Crippen LogP contribution in [0.2, 0.25) is 0 Å².